The molecule has 0 aliphatic heterocycles. The molecule has 0 bridgehead atoms. The summed E-state index contributed by atoms with van der Waals surface area (Å²) in [6.07, 6.45) is 0. The summed E-state index contributed by atoms with van der Waals surface area (Å²) in [4.78, 5) is 0. The van der Waals surface area contributed by atoms with Crippen LogP contribution < -0.4 is 0 Å². The highest BCUT2D eigenvalue weighted by atomic mass is 35.5. The van der Waals surface area contributed by atoms with Crippen molar-refractivity contribution >= 4 is 28.8 Å². The standard InChI is InChI=1S/C9H8Cl2/c10-6-9(7-11)8-4-2-1-3-5-8/h1-6H,7H2/b9-6-. The lowest BCUT2D eigenvalue weighted by atomic mass is 10.1. The van der Waals surface area contributed by atoms with Crippen LogP contribution in [0.15, 0.2) is 35.9 Å². The van der Waals surface area contributed by atoms with E-state index in [1.54, 1.807) is 0 Å². The molecule has 1 aromatic carbocycles. The summed E-state index contributed by atoms with van der Waals surface area (Å²) in [5.74, 6) is 0.452. The second-order valence-corrected chi connectivity index (χ2v) is 2.62. The second kappa shape index (κ2) is 4.42. The summed E-state index contributed by atoms with van der Waals surface area (Å²) in [6.45, 7) is 0. The Morgan fingerprint density at radius 2 is 1.91 bits per heavy atom. The number of benzene rings is 1. The molecule has 0 unspecified atom stereocenters. The maximum absolute atomic E-state index is 5.65. The molecule has 0 aromatic heterocycles. The summed E-state index contributed by atoms with van der Waals surface area (Å²) in [5, 5.41) is 0. The van der Waals surface area contributed by atoms with Crippen molar-refractivity contribution in [1.82, 2.24) is 0 Å². The molecule has 58 valence electrons. The summed E-state index contributed by atoms with van der Waals surface area (Å²) in [7, 11) is 0. The molecule has 0 aliphatic carbocycles. The smallest absolute Gasteiger partial charge is 0.0488 e. The zero-order valence-corrected chi connectivity index (χ0v) is 7.44. The quantitative estimate of drug-likeness (QED) is 0.621. The Morgan fingerprint density at radius 1 is 1.27 bits per heavy atom. The van der Waals surface area contributed by atoms with Crippen molar-refractivity contribution in [2.45, 2.75) is 0 Å². The Hall–Kier alpha value is -0.460. The van der Waals surface area contributed by atoms with E-state index in [9.17, 15) is 0 Å². The van der Waals surface area contributed by atoms with E-state index in [0.29, 0.717) is 5.88 Å². The number of hydrogen-bond acceptors (Lipinski definition) is 0. The van der Waals surface area contributed by atoms with E-state index in [1.807, 2.05) is 30.3 Å². The average Bonchev–Trinajstić information content (AvgIpc) is 2.09. The highest BCUT2D eigenvalue weighted by Crippen LogP contribution is 2.15. The molecule has 0 saturated heterocycles. The number of hydrogen-bond donors (Lipinski definition) is 0. The average molecular weight is 187 g/mol. The van der Waals surface area contributed by atoms with Gasteiger partial charge in [0.2, 0.25) is 0 Å². The molecule has 0 N–H and O–H groups in total. The van der Waals surface area contributed by atoms with Gasteiger partial charge in [-0.3, -0.25) is 0 Å². The molecular weight excluding hydrogens is 179 g/mol. The van der Waals surface area contributed by atoms with Crippen LogP contribution in [0.3, 0.4) is 0 Å². The molecule has 0 atom stereocenters. The monoisotopic (exact) mass is 186 g/mol. The van der Waals surface area contributed by atoms with E-state index in [0.717, 1.165) is 11.1 Å². The topological polar surface area (TPSA) is 0 Å². The van der Waals surface area contributed by atoms with Crippen LogP contribution in [0, 0.1) is 0 Å². The number of allylic oxidation sites excluding steroid dienone is 1. The Kier molecular flexibility index (Phi) is 3.47. The fourth-order valence-electron chi connectivity index (χ4n) is 0.822. The van der Waals surface area contributed by atoms with Crippen molar-refractivity contribution in [3.8, 4) is 0 Å². The molecule has 0 radical (unpaired) electrons. The van der Waals surface area contributed by atoms with Crippen LogP contribution in [0.1, 0.15) is 5.56 Å². The Labute approximate surface area is 76.4 Å². The zero-order chi connectivity index (χ0) is 8.10. The lowest BCUT2D eigenvalue weighted by molar-refractivity contribution is 1.58. The fraction of sp³-hybridized carbons (Fsp3) is 0.111. The van der Waals surface area contributed by atoms with Crippen molar-refractivity contribution in [3.63, 3.8) is 0 Å². The van der Waals surface area contributed by atoms with Crippen LogP contribution in [0.2, 0.25) is 0 Å². The SMILES string of the molecule is Cl/C=C(/CCl)c1ccccc1. The normalized spacial score (nSPS) is 11.6. The van der Waals surface area contributed by atoms with Gasteiger partial charge in [0.15, 0.2) is 0 Å². The van der Waals surface area contributed by atoms with Crippen molar-refractivity contribution in [2.75, 3.05) is 5.88 Å². The van der Waals surface area contributed by atoms with Crippen LogP contribution in [-0.4, -0.2) is 5.88 Å². The first-order valence-electron chi connectivity index (χ1n) is 3.29. The third kappa shape index (κ3) is 2.25. The van der Waals surface area contributed by atoms with Crippen molar-refractivity contribution < 1.29 is 0 Å². The predicted molar refractivity (Wildman–Crippen MR) is 51.0 cm³/mol. The van der Waals surface area contributed by atoms with Gasteiger partial charge in [-0.1, -0.05) is 41.9 Å². The molecule has 0 heterocycles. The highest BCUT2D eigenvalue weighted by molar-refractivity contribution is 6.31. The third-order valence-electron chi connectivity index (χ3n) is 1.42. The van der Waals surface area contributed by atoms with Crippen LogP contribution in [-0.2, 0) is 0 Å². The minimum Gasteiger partial charge on any atom is -0.121 e. The van der Waals surface area contributed by atoms with Crippen LogP contribution in [0.5, 0.6) is 0 Å². The van der Waals surface area contributed by atoms with E-state index in [2.05, 4.69) is 0 Å². The summed E-state index contributed by atoms with van der Waals surface area (Å²) in [5.41, 5.74) is 3.55. The van der Waals surface area contributed by atoms with E-state index in [1.165, 1.54) is 5.54 Å². The van der Waals surface area contributed by atoms with E-state index in [-0.39, 0.29) is 0 Å². The first-order chi connectivity index (χ1) is 5.38. The van der Waals surface area contributed by atoms with Crippen LogP contribution in [0.4, 0.5) is 0 Å². The van der Waals surface area contributed by atoms with Crippen molar-refractivity contribution in [1.29, 1.82) is 0 Å². The van der Waals surface area contributed by atoms with Crippen molar-refractivity contribution in [3.05, 3.63) is 41.4 Å². The highest BCUT2D eigenvalue weighted by Gasteiger charge is 1.96. The van der Waals surface area contributed by atoms with Gasteiger partial charge in [0.1, 0.15) is 0 Å². The van der Waals surface area contributed by atoms with E-state index < -0.39 is 0 Å². The largest absolute Gasteiger partial charge is 0.121 e. The molecule has 0 fully saturated rings. The minimum atomic E-state index is 0.452. The lowest BCUT2D eigenvalue weighted by Crippen LogP contribution is -1.82. The van der Waals surface area contributed by atoms with Gasteiger partial charge in [0.05, 0.1) is 0 Å². The molecule has 0 saturated carbocycles. The summed E-state index contributed by atoms with van der Waals surface area (Å²) >= 11 is 11.2. The van der Waals surface area contributed by atoms with Gasteiger partial charge in [0.25, 0.3) is 0 Å². The van der Waals surface area contributed by atoms with Gasteiger partial charge in [-0.05, 0) is 11.1 Å². The zero-order valence-electron chi connectivity index (χ0n) is 5.93. The molecule has 2 heteroatoms. The maximum atomic E-state index is 5.65. The first-order valence-corrected chi connectivity index (χ1v) is 4.26. The van der Waals surface area contributed by atoms with Gasteiger partial charge in [-0.25, -0.2) is 0 Å². The first kappa shape index (κ1) is 8.63. The molecular formula is C9H8Cl2. The molecule has 1 aromatic rings. The Bertz CT molecular complexity index is 239. The molecule has 0 nitrogen and oxygen atoms in total. The fourth-order valence-corrected chi connectivity index (χ4v) is 1.34. The molecule has 0 spiro atoms. The molecule has 1 rings (SSSR count). The van der Waals surface area contributed by atoms with Gasteiger partial charge >= 0.3 is 0 Å². The minimum absolute atomic E-state index is 0.452. The summed E-state index contributed by atoms with van der Waals surface area (Å²) in [6, 6.07) is 9.85. The molecule has 11 heavy (non-hydrogen) atoms. The Morgan fingerprint density at radius 3 is 2.36 bits per heavy atom. The van der Waals surface area contributed by atoms with Crippen LogP contribution in [0.25, 0.3) is 5.57 Å². The van der Waals surface area contributed by atoms with Gasteiger partial charge in [0, 0.05) is 11.4 Å². The second-order valence-electron chi connectivity index (χ2n) is 2.13. The predicted octanol–water partition coefficient (Wildman–Crippen LogP) is 3.51. The summed E-state index contributed by atoms with van der Waals surface area (Å²) < 4.78 is 0. The van der Waals surface area contributed by atoms with Crippen LogP contribution >= 0.6 is 23.2 Å². The Balaban J connectivity index is 2.92. The number of rotatable bonds is 2. The number of alkyl halides is 1. The lowest BCUT2D eigenvalue weighted by Gasteiger charge is -1.99. The van der Waals surface area contributed by atoms with E-state index >= 15 is 0 Å². The maximum Gasteiger partial charge on any atom is 0.0488 e. The third-order valence-corrected chi connectivity index (χ3v) is 1.97. The van der Waals surface area contributed by atoms with Crippen molar-refractivity contribution in [2.24, 2.45) is 0 Å². The van der Waals surface area contributed by atoms with Gasteiger partial charge in [-0.15, -0.1) is 11.6 Å². The van der Waals surface area contributed by atoms with Gasteiger partial charge < -0.3 is 0 Å². The van der Waals surface area contributed by atoms with Gasteiger partial charge in [-0.2, -0.15) is 0 Å². The molecule has 0 amide bonds. The molecule has 0 aliphatic rings. The number of halogens is 2. The van der Waals surface area contributed by atoms with E-state index in [4.69, 9.17) is 23.2 Å².